The molecule has 3 heteroatoms. The highest BCUT2D eigenvalue weighted by Gasteiger charge is 2.35. The molecule has 1 fully saturated rings. The van der Waals surface area contributed by atoms with Crippen LogP contribution in [0.15, 0.2) is 29.2 Å². The molecule has 1 aliphatic rings. The molecule has 1 aromatic carbocycles. The van der Waals surface area contributed by atoms with E-state index < -0.39 is 5.54 Å². The molecule has 1 heterocycles. The second kappa shape index (κ2) is 6.77. The monoisotopic (exact) mass is 291 g/mol. The minimum absolute atomic E-state index is 0.243. The maximum absolute atomic E-state index is 12.8. The largest absolute Gasteiger partial charge is 0.292 e. The fourth-order valence-electron chi connectivity index (χ4n) is 2.87. The van der Waals surface area contributed by atoms with Gasteiger partial charge in [0.1, 0.15) is 0 Å². The van der Waals surface area contributed by atoms with Crippen LogP contribution in [0.4, 0.5) is 0 Å². The van der Waals surface area contributed by atoms with Gasteiger partial charge in [-0.25, -0.2) is 0 Å². The Hall–Kier alpha value is -0.800. The molecule has 1 aromatic rings. The summed E-state index contributed by atoms with van der Waals surface area (Å²) in [5, 5.41) is 0. The second-order valence-electron chi connectivity index (χ2n) is 6.02. The summed E-state index contributed by atoms with van der Waals surface area (Å²) in [5.74, 6) is 0.243. The molecule has 110 valence electrons. The Kier molecular flexibility index (Phi) is 5.28. The topological polar surface area (TPSA) is 20.3 Å². The van der Waals surface area contributed by atoms with Crippen molar-refractivity contribution in [1.29, 1.82) is 0 Å². The van der Waals surface area contributed by atoms with E-state index in [0.29, 0.717) is 0 Å². The van der Waals surface area contributed by atoms with Crippen molar-refractivity contribution >= 4 is 17.5 Å². The number of carbonyl (C=O) groups excluding carboxylic acids is 1. The Labute approximate surface area is 126 Å². The molecular formula is C17H25NOS. The number of rotatable bonds is 4. The maximum atomic E-state index is 12.8. The van der Waals surface area contributed by atoms with Gasteiger partial charge >= 0.3 is 0 Å². The van der Waals surface area contributed by atoms with Gasteiger partial charge in [0.2, 0.25) is 0 Å². The van der Waals surface area contributed by atoms with Crippen LogP contribution in [-0.2, 0) is 0 Å². The van der Waals surface area contributed by atoms with Gasteiger partial charge in [-0.1, -0.05) is 25.0 Å². The lowest BCUT2D eigenvalue weighted by Gasteiger charge is -2.36. The quantitative estimate of drug-likeness (QED) is 0.611. The summed E-state index contributed by atoms with van der Waals surface area (Å²) < 4.78 is 0. The predicted molar refractivity (Wildman–Crippen MR) is 86.7 cm³/mol. The van der Waals surface area contributed by atoms with Crippen molar-refractivity contribution in [3.63, 3.8) is 0 Å². The number of likely N-dealkylation sites (tertiary alicyclic amines) is 1. The lowest BCUT2D eigenvalue weighted by Crippen LogP contribution is -2.50. The van der Waals surface area contributed by atoms with Crippen LogP contribution in [0.5, 0.6) is 0 Å². The van der Waals surface area contributed by atoms with Crippen LogP contribution in [0, 0.1) is 0 Å². The average molecular weight is 291 g/mol. The SMILES string of the molecule is CSc1ccc(C(=O)C(C)(C)N2CCCCCC2)cc1. The number of hydrogen-bond donors (Lipinski definition) is 0. The number of thioether (sulfide) groups is 1. The molecule has 0 amide bonds. The fourth-order valence-corrected chi connectivity index (χ4v) is 3.28. The molecular weight excluding hydrogens is 266 g/mol. The van der Waals surface area contributed by atoms with Gasteiger partial charge in [-0.05, 0) is 58.2 Å². The first-order chi connectivity index (χ1) is 9.55. The van der Waals surface area contributed by atoms with Crippen molar-refractivity contribution in [2.75, 3.05) is 19.3 Å². The fraction of sp³-hybridized carbons (Fsp3) is 0.588. The van der Waals surface area contributed by atoms with E-state index in [4.69, 9.17) is 0 Å². The normalized spacial score (nSPS) is 17.8. The zero-order valence-electron chi connectivity index (χ0n) is 12.8. The third kappa shape index (κ3) is 3.44. The molecule has 20 heavy (non-hydrogen) atoms. The molecule has 2 rings (SSSR count). The first-order valence-corrected chi connectivity index (χ1v) is 8.72. The zero-order chi connectivity index (χ0) is 14.6. The van der Waals surface area contributed by atoms with Gasteiger partial charge < -0.3 is 0 Å². The van der Waals surface area contributed by atoms with E-state index in [9.17, 15) is 4.79 Å². The van der Waals surface area contributed by atoms with Crippen molar-refractivity contribution in [2.45, 2.75) is 50.0 Å². The molecule has 0 aromatic heterocycles. The minimum Gasteiger partial charge on any atom is -0.292 e. The van der Waals surface area contributed by atoms with Gasteiger partial charge in [-0.3, -0.25) is 9.69 Å². The van der Waals surface area contributed by atoms with Crippen LogP contribution in [0.3, 0.4) is 0 Å². The summed E-state index contributed by atoms with van der Waals surface area (Å²) in [4.78, 5) is 16.4. The van der Waals surface area contributed by atoms with Crippen LogP contribution in [0.2, 0.25) is 0 Å². The van der Waals surface area contributed by atoms with Gasteiger partial charge in [0.25, 0.3) is 0 Å². The standard InChI is InChI=1S/C17H25NOS/c1-17(2,18-12-6-4-5-7-13-18)16(19)14-8-10-15(20-3)11-9-14/h8-11H,4-7,12-13H2,1-3H3. The average Bonchev–Trinajstić information content (AvgIpc) is 2.76. The highest BCUT2D eigenvalue weighted by Crippen LogP contribution is 2.25. The van der Waals surface area contributed by atoms with Crippen molar-refractivity contribution < 1.29 is 4.79 Å². The van der Waals surface area contributed by atoms with Gasteiger partial charge in [0.05, 0.1) is 5.54 Å². The van der Waals surface area contributed by atoms with Gasteiger partial charge in [-0.15, -0.1) is 11.8 Å². The zero-order valence-corrected chi connectivity index (χ0v) is 13.6. The summed E-state index contributed by atoms with van der Waals surface area (Å²) in [5.41, 5.74) is 0.433. The van der Waals surface area contributed by atoms with Crippen LogP contribution in [0.1, 0.15) is 49.9 Å². The number of nitrogens with zero attached hydrogens (tertiary/aromatic N) is 1. The van der Waals surface area contributed by atoms with E-state index in [1.165, 1.54) is 30.6 Å². The first kappa shape index (κ1) is 15.6. The van der Waals surface area contributed by atoms with Crippen molar-refractivity contribution in [3.8, 4) is 0 Å². The second-order valence-corrected chi connectivity index (χ2v) is 6.90. The molecule has 0 unspecified atom stereocenters. The summed E-state index contributed by atoms with van der Waals surface area (Å²) >= 11 is 1.71. The highest BCUT2D eigenvalue weighted by atomic mass is 32.2. The van der Waals surface area contributed by atoms with Gasteiger partial charge in [0.15, 0.2) is 5.78 Å². The van der Waals surface area contributed by atoms with Crippen molar-refractivity contribution in [2.24, 2.45) is 0 Å². The Morgan fingerprint density at radius 3 is 2.10 bits per heavy atom. The molecule has 0 radical (unpaired) electrons. The highest BCUT2D eigenvalue weighted by molar-refractivity contribution is 7.98. The molecule has 0 bridgehead atoms. The number of hydrogen-bond acceptors (Lipinski definition) is 3. The number of benzene rings is 1. The number of carbonyl (C=O) groups is 1. The molecule has 0 atom stereocenters. The van der Waals surface area contributed by atoms with E-state index in [0.717, 1.165) is 18.7 Å². The van der Waals surface area contributed by atoms with Crippen LogP contribution in [-0.4, -0.2) is 35.6 Å². The lowest BCUT2D eigenvalue weighted by atomic mass is 9.91. The van der Waals surface area contributed by atoms with Crippen LogP contribution < -0.4 is 0 Å². The Bertz CT molecular complexity index is 445. The molecule has 0 aliphatic carbocycles. The molecule has 1 saturated heterocycles. The number of Topliss-reactive ketones (excluding diaryl/α,β-unsaturated/α-hetero) is 1. The smallest absolute Gasteiger partial charge is 0.182 e. The third-order valence-corrected chi connectivity index (χ3v) is 5.05. The van der Waals surface area contributed by atoms with Crippen LogP contribution >= 0.6 is 11.8 Å². The number of ketones is 1. The minimum atomic E-state index is -0.398. The molecule has 0 N–H and O–H groups in total. The van der Waals surface area contributed by atoms with E-state index in [1.54, 1.807) is 11.8 Å². The third-order valence-electron chi connectivity index (χ3n) is 4.30. The summed E-state index contributed by atoms with van der Waals surface area (Å²) in [6.07, 6.45) is 7.06. The summed E-state index contributed by atoms with van der Waals surface area (Å²) in [6.45, 7) is 6.23. The molecule has 1 aliphatic heterocycles. The maximum Gasteiger partial charge on any atom is 0.182 e. The van der Waals surface area contributed by atoms with E-state index in [-0.39, 0.29) is 5.78 Å². The van der Waals surface area contributed by atoms with E-state index >= 15 is 0 Å². The summed E-state index contributed by atoms with van der Waals surface area (Å²) in [6, 6.07) is 8.01. The molecule has 0 spiro atoms. The summed E-state index contributed by atoms with van der Waals surface area (Å²) in [7, 11) is 0. The molecule has 2 nitrogen and oxygen atoms in total. The van der Waals surface area contributed by atoms with Gasteiger partial charge in [-0.2, -0.15) is 0 Å². The van der Waals surface area contributed by atoms with Gasteiger partial charge in [0, 0.05) is 10.5 Å². The lowest BCUT2D eigenvalue weighted by molar-refractivity contribution is 0.0649. The van der Waals surface area contributed by atoms with E-state index in [1.807, 2.05) is 24.3 Å². The predicted octanol–water partition coefficient (Wildman–Crippen LogP) is 4.25. The van der Waals surface area contributed by atoms with E-state index in [2.05, 4.69) is 25.0 Å². The van der Waals surface area contributed by atoms with Crippen molar-refractivity contribution in [3.05, 3.63) is 29.8 Å². The Balaban J connectivity index is 2.15. The van der Waals surface area contributed by atoms with Crippen LogP contribution in [0.25, 0.3) is 0 Å². The Morgan fingerprint density at radius 1 is 1.05 bits per heavy atom. The molecule has 0 saturated carbocycles. The van der Waals surface area contributed by atoms with Crippen molar-refractivity contribution in [1.82, 2.24) is 4.90 Å². The Morgan fingerprint density at radius 2 is 1.60 bits per heavy atom. The first-order valence-electron chi connectivity index (χ1n) is 7.49.